The number of likely N-dealkylation sites (tertiary alicyclic amines) is 1. The molecule has 1 aliphatic heterocycles. The number of nitrogens with zero attached hydrogens (tertiary/aromatic N) is 1. The first kappa shape index (κ1) is 21.4. The fourth-order valence-electron chi connectivity index (χ4n) is 3.70. The van der Waals surface area contributed by atoms with E-state index in [0.29, 0.717) is 11.3 Å². The number of benzene rings is 3. The van der Waals surface area contributed by atoms with E-state index in [4.69, 9.17) is 4.74 Å². The van der Waals surface area contributed by atoms with Gasteiger partial charge in [0.05, 0.1) is 0 Å². The molecular formula is C24H19F3N2O3. The number of halogens is 3. The zero-order chi connectivity index (χ0) is 22.8. The van der Waals surface area contributed by atoms with Crippen molar-refractivity contribution in [2.24, 2.45) is 0 Å². The highest BCUT2D eigenvalue weighted by Crippen LogP contribution is 2.40. The summed E-state index contributed by atoms with van der Waals surface area (Å²) in [6.45, 7) is 1.43. The Labute approximate surface area is 182 Å². The van der Waals surface area contributed by atoms with Gasteiger partial charge in [-0.3, -0.25) is 9.59 Å². The van der Waals surface area contributed by atoms with Crippen LogP contribution in [0.5, 0.6) is 5.75 Å². The SMILES string of the molecule is CC(=O)Nc1cccc(CN2C(=O)[C@H](Oc3ccccc3F)[C@H]2c2cc(F)ccc2F)c1. The van der Waals surface area contributed by atoms with Crippen LogP contribution in [0.4, 0.5) is 18.9 Å². The third-order valence-electron chi connectivity index (χ3n) is 5.12. The van der Waals surface area contributed by atoms with E-state index in [1.54, 1.807) is 30.3 Å². The van der Waals surface area contributed by atoms with Gasteiger partial charge >= 0.3 is 0 Å². The number of amides is 2. The Morgan fingerprint density at radius 1 is 1.00 bits per heavy atom. The number of β-lactam (4-membered cyclic amide) rings is 1. The van der Waals surface area contributed by atoms with Crippen molar-refractivity contribution >= 4 is 17.5 Å². The Morgan fingerprint density at radius 2 is 1.78 bits per heavy atom. The number of hydrogen-bond donors (Lipinski definition) is 1. The first-order valence-electron chi connectivity index (χ1n) is 9.86. The average Bonchev–Trinajstić information content (AvgIpc) is 2.75. The molecule has 0 spiro atoms. The molecule has 1 heterocycles. The molecule has 3 aromatic rings. The van der Waals surface area contributed by atoms with Gasteiger partial charge in [-0.05, 0) is 48.0 Å². The lowest BCUT2D eigenvalue weighted by Crippen LogP contribution is -2.61. The van der Waals surface area contributed by atoms with E-state index in [1.165, 1.54) is 30.0 Å². The van der Waals surface area contributed by atoms with Crippen molar-refractivity contribution in [3.05, 3.63) is 95.3 Å². The molecular weight excluding hydrogens is 421 g/mol. The van der Waals surface area contributed by atoms with Crippen LogP contribution >= 0.6 is 0 Å². The maximum atomic E-state index is 14.6. The molecule has 1 aliphatic rings. The average molecular weight is 440 g/mol. The molecule has 1 fully saturated rings. The number of carbonyl (C=O) groups excluding carboxylic acids is 2. The smallest absolute Gasteiger partial charge is 0.267 e. The second kappa shape index (κ2) is 8.74. The molecule has 2 atom stereocenters. The summed E-state index contributed by atoms with van der Waals surface area (Å²) >= 11 is 0. The molecule has 32 heavy (non-hydrogen) atoms. The lowest BCUT2D eigenvalue weighted by molar-refractivity contribution is -0.165. The van der Waals surface area contributed by atoms with Gasteiger partial charge in [0.15, 0.2) is 11.6 Å². The molecule has 2 amide bonds. The standard InChI is InChI=1S/C24H19F3N2O3/c1-14(30)28-17-6-4-5-15(11-17)13-29-22(18-12-16(25)9-10-19(18)26)23(24(29)31)32-21-8-3-2-7-20(21)27/h2-12,22-23H,13H2,1H3,(H,28,30)/t22-,23-/m1/s1. The van der Waals surface area contributed by atoms with Gasteiger partial charge < -0.3 is 15.0 Å². The minimum atomic E-state index is -1.22. The number of hydrogen-bond acceptors (Lipinski definition) is 3. The third-order valence-corrected chi connectivity index (χ3v) is 5.12. The summed E-state index contributed by atoms with van der Waals surface area (Å²) in [6.07, 6.45) is -1.22. The number of rotatable bonds is 6. The third kappa shape index (κ3) is 4.30. The molecule has 0 aromatic heterocycles. The molecule has 0 bridgehead atoms. The van der Waals surface area contributed by atoms with Crippen LogP contribution in [0.25, 0.3) is 0 Å². The van der Waals surface area contributed by atoms with E-state index in [9.17, 15) is 22.8 Å². The van der Waals surface area contributed by atoms with Crippen molar-refractivity contribution in [2.45, 2.75) is 25.6 Å². The molecule has 8 heteroatoms. The summed E-state index contributed by atoms with van der Waals surface area (Å²) in [6, 6.07) is 14.4. The summed E-state index contributed by atoms with van der Waals surface area (Å²) in [5, 5.41) is 2.65. The summed E-state index contributed by atoms with van der Waals surface area (Å²) in [7, 11) is 0. The number of carbonyl (C=O) groups is 2. The topological polar surface area (TPSA) is 58.6 Å². The van der Waals surface area contributed by atoms with Gasteiger partial charge in [-0.25, -0.2) is 13.2 Å². The van der Waals surface area contributed by atoms with E-state index < -0.39 is 35.5 Å². The molecule has 0 radical (unpaired) electrons. The normalized spacial score (nSPS) is 17.6. The fourth-order valence-corrected chi connectivity index (χ4v) is 3.70. The van der Waals surface area contributed by atoms with Gasteiger partial charge in [-0.2, -0.15) is 0 Å². The zero-order valence-electron chi connectivity index (χ0n) is 17.0. The van der Waals surface area contributed by atoms with Crippen LogP contribution in [0.3, 0.4) is 0 Å². The highest BCUT2D eigenvalue weighted by molar-refractivity contribution is 5.90. The predicted molar refractivity (Wildman–Crippen MR) is 111 cm³/mol. The molecule has 4 rings (SSSR count). The number of ether oxygens (including phenoxy) is 1. The molecule has 1 N–H and O–H groups in total. The van der Waals surface area contributed by atoms with Crippen LogP contribution in [0.2, 0.25) is 0 Å². The van der Waals surface area contributed by atoms with Gasteiger partial charge in [0, 0.05) is 24.7 Å². The summed E-state index contributed by atoms with van der Waals surface area (Å²) in [5.41, 5.74) is 1.13. The maximum absolute atomic E-state index is 14.6. The maximum Gasteiger partial charge on any atom is 0.267 e. The molecule has 0 unspecified atom stereocenters. The first-order valence-corrected chi connectivity index (χ1v) is 9.86. The Balaban J connectivity index is 1.65. The highest BCUT2D eigenvalue weighted by atomic mass is 19.1. The highest BCUT2D eigenvalue weighted by Gasteiger charge is 2.51. The van der Waals surface area contributed by atoms with Crippen molar-refractivity contribution in [2.75, 3.05) is 5.32 Å². The quantitative estimate of drug-likeness (QED) is 0.571. The van der Waals surface area contributed by atoms with E-state index >= 15 is 0 Å². The van der Waals surface area contributed by atoms with E-state index in [1.807, 2.05) is 0 Å². The molecule has 164 valence electrons. The van der Waals surface area contributed by atoms with Crippen molar-refractivity contribution < 1.29 is 27.5 Å². The lowest BCUT2D eigenvalue weighted by atomic mass is 9.89. The van der Waals surface area contributed by atoms with Crippen molar-refractivity contribution in [1.29, 1.82) is 0 Å². The molecule has 3 aromatic carbocycles. The van der Waals surface area contributed by atoms with Gasteiger partial charge in [-0.15, -0.1) is 0 Å². The minimum Gasteiger partial charge on any atom is -0.475 e. The van der Waals surface area contributed by atoms with Gasteiger partial charge in [0.25, 0.3) is 5.91 Å². The molecule has 0 saturated carbocycles. The second-order valence-corrected chi connectivity index (χ2v) is 7.43. The van der Waals surface area contributed by atoms with E-state index in [0.717, 1.165) is 18.2 Å². The summed E-state index contributed by atoms with van der Waals surface area (Å²) in [4.78, 5) is 25.6. The van der Waals surface area contributed by atoms with Gasteiger partial charge in [0.1, 0.15) is 17.7 Å². The van der Waals surface area contributed by atoms with Crippen molar-refractivity contribution in [3.63, 3.8) is 0 Å². The van der Waals surface area contributed by atoms with Crippen LogP contribution in [0.15, 0.2) is 66.7 Å². The van der Waals surface area contributed by atoms with E-state index in [-0.39, 0.29) is 23.8 Å². The Bertz CT molecular complexity index is 1180. The summed E-state index contributed by atoms with van der Waals surface area (Å²) < 4.78 is 48.2. The van der Waals surface area contributed by atoms with Crippen molar-refractivity contribution in [1.82, 2.24) is 4.90 Å². The summed E-state index contributed by atoms with van der Waals surface area (Å²) in [5.74, 6) is -2.94. The van der Waals surface area contributed by atoms with Crippen LogP contribution < -0.4 is 10.1 Å². The fraction of sp³-hybridized carbons (Fsp3) is 0.167. The van der Waals surface area contributed by atoms with Crippen LogP contribution in [-0.4, -0.2) is 22.8 Å². The monoisotopic (exact) mass is 440 g/mol. The first-order chi connectivity index (χ1) is 15.3. The lowest BCUT2D eigenvalue weighted by Gasteiger charge is -2.46. The number of para-hydroxylation sites is 1. The van der Waals surface area contributed by atoms with Crippen LogP contribution in [0, 0.1) is 17.5 Å². The molecule has 1 saturated heterocycles. The minimum absolute atomic E-state index is 0.0595. The molecule has 5 nitrogen and oxygen atoms in total. The predicted octanol–water partition coefficient (Wildman–Crippen LogP) is 4.59. The number of anilines is 1. The largest absolute Gasteiger partial charge is 0.475 e. The van der Waals surface area contributed by atoms with Crippen molar-refractivity contribution in [3.8, 4) is 5.75 Å². The van der Waals surface area contributed by atoms with Gasteiger partial charge in [-0.1, -0.05) is 24.3 Å². The van der Waals surface area contributed by atoms with E-state index in [2.05, 4.69) is 5.32 Å². The van der Waals surface area contributed by atoms with Gasteiger partial charge in [0.2, 0.25) is 12.0 Å². The van der Waals surface area contributed by atoms with Crippen LogP contribution in [-0.2, 0) is 16.1 Å². The van der Waals surface area contributed by atoms with Crippen LogP contribution in [0.1, 0.15) is 24.1 Å². The number of nitrogens with one attached hydrogen (secondary N) is 1. The Morgan fingerprint density at radius 3 is 2.53 bits per heavy atom. The second-order valence-electron chi connectivity index (χ2n) is 7.43. The Hall–Kier alpha value is -3.81. The zero-order valence-corrected chi connectivity index (χ0v) is 17.0. The molecule has 0 aliphatic carbocycles. The Kier molecular flexibility index (Phi) is 5.85.